The molecule has 6 heteroatoms. The van der Waals surface area contributed by atoms with Crippen molar-refractivity contribution in [1.82, 2.24) is 15.0 Å². The van der Waals surface area contributed by atoms with E-state index in [1.807, 2.05) is 48.5 Å². The van der Waals surface area contributed by atoms with E-state index in [9.17, 15) is 0 Å². The number of para-hydroxylation sites is 2. The van der Waals surface area contributed by atoms with Crippen molar-refractivity contribution >= 4 is 5.95 Å². The Bertz CT molecular complexity index is 826. The molecule has 0 amide bonds. The average molecular weight is 320 g/mol. The highest BCUT2D eigenvalue weighted by atomic mass is 16.6. The van der Waals surface area contributed by atoms with Crippen LogP contribution in [0.4, 0.5) is 5.95 Å². The number of aromatic nitrogens is 3. The zero-order valence-corrected chi connectivity index (χ0v) is 12.9. The maximum atomic E-state index is 5.91. The molecule has 0 bridgehead atoms. The molecule has 1 atom stereocenters. The highest BCUT2D eigenvalue weighted by molar-refractivity contribution is 5.54. The first-order chi connectivity index (χ1) is 11.9. The first-order valence-corrected chi connectivity index (χ1v) is 7.75. The van der Waals surface area contributed by atoms with Crippen LogP contribution in [0.5, 0.6) is 11.5 Å². The Labute approximate surface area is 139 Å². The molecule has 24 heavy (non-hydrogen) atoms. The average Bonchev–Trinajstić information content (AvgIpc) is 2.67. The zero-order valence-electron chi connectivity index (χ0n) is 12.9. The highest BCUT2D eigenvalue weighted by Crippen LogP contribution is 2.30. The molecular weight excluding hydrogens is 304 g/mol. The Kier molecular flexibility index (Phi) is 3.93. The molecule has 3 heterocycles. The van der Waals surface area contributed by atoms with Crippen LogP contribution in [0.3, 0.4) is 0 Å². The number of hydrogen-bond acceptors (Lipinski definition) is 6. The van der Waals surface area contributed by atoms with Crippen LogP contribution < -0.4 is 14.8 Å². The van der Waals surface area contributed by atoms with E-state index in [4.69, 9.17) is 9.47 Å². The van der Waals surface area contributed by atoms with Crippen molar-refractivity contribution in [1.29, 1.82) is 0 Å². The van der Waals surface area contributed by atoms with Gasteiger partial charge in [-0.05, 0) is 30.3 Å². The summed E-state index contributed by atoms with van der Waals surface area (Å²) in [5.41, 5.74) is 1.59. The number of anilines is 1. The van der Waals surface area contributed by atoms with Crippen LogP contribution in [0.25, 0.3) is 11.4 Å². The minimum atomic E-state index is -0.0954. The summed E-state index contributed by atoms with van der Waals surface area (Å²) in [5.74, 6) is 2.08. The number of nitrogens with zero attached hydrogens (tertiary/aromatic N) is 3. The van der Waals surface area contributed by atoms with Gasteiger partial charge in [0.15, 0.2) is 11.5 Å². The number of hydrogen-bond donors (Lipinski definition) is 1. The summed E-state index contributed by atoms with van der Waals surface area (Å²) < 4.78 is 11.6. The lowest BCUT2D eigenvalue weighted by Gasteiger charge is -2.26. The lowest BCUT2D eigenvalue weighted by atomic mass is 10.2. The molecule has 0 saturated heterocycles. The second kappa shape index (κ2) is 6.54. The third kappa shape index (κ3) is 3.12. The fraction of sp³-hybridized carbons (Fsp3) is 0.167. The van der Waals surface area contributed by atoms with E-state index in [0.717, 1.165) is 22.9 Å². The van der Waals surface area contributed by atoms with Crippen molar-refractivity contribution in [2.75, 3.05) is 18.5 Å². The smallest absolute Gasteiger partial charge is 0.223 e. The molecule has 0 aliphatic carbocycles. The van der Waals surface area contributed by atoms with Gasteiger partial charge in [0.05, 0.1) is 17.9 Å². The van der Waals surface area contributed by atoms with E-state index in [0.29, 0.717) is 19.1 Å². The van der Waals surface area contributed by atoms with Gasteiger partial charge in [0.2, 0.25) is 5.95 Å². The third-order valence-corrected chi connectivity index (χ3v) is 3.64. The van der Waals surface area contributed by atoms with Crippen LogP contribution in [-0.2, 0) is 0 Å². The Hall–Kier alpha value is -3.15. The quantitative estimate of drug-likeness (QED) is 0.797. The summed E-state index contributed by atoms with van der Waals surface area (Å²) in [7, 11) is 0. The van der Waals surface area contributed by atoms with Crippen molar-refractivity contribution in [3.63, 3.8) is 0 Å². The normalized spacial score (nSPS) is 15.8. The zero-order chi connectivity index (χ0) is 16.2. The molecule has 4 rings (SSSR count). The number of fused-ring (bicyclic) bond motifs is 1. The summed E-state index contributed by atoms with van der Waals surface area (Å²) in [6, 6.07) is 15.2. The van der Waals surface area contributed by atoms with E-state index >= 15 is 0 Å². The van der Waals surface area contributed by atoms with Crippen molar-refractivity contribution in [2.45, 2.75) is 6.10 Å². The Balaban J connectivity index is 1.42. The second-order valence-corrected chi connectivity index (χ2v) is 5.36. The number of pyridine rings is 1. The van der Waals surface area contributed by atoms with Gasteiger partial charge in [-0.3, -0.25) is 4.98 Å². The first kappa shape index (κ1) is 14.4. The third-order valence-electron chi connectivity index (χ3n) is 3.64. The fourth-order valence-corrected chi connectivity index (χ4v) is 2.47. The monoisotopic (exact) mass is 320 g/mol. The molecule has 1 aliphatic rings. The lowest BCUT2D eigenvalue weighted by Crippen LogP contribution is -2.35. The van der Waals surface area contributed by atoms with Gasteiger partial charge in [-0.15, -0.1) is 0 Å². The van der Waals surface area contributed by atoms with Gasteiger partial charge in [-0.25, -0.2) is 9.97 Å². The van der Waals surface area contributed by atoms with Gasteiger partial charge < -0.3 is 14.8 Å². The Morgan fingerprint density at radius 2 is 1.79 bits per heavy atom. The van der Waals surface area contributed by atoms with Crippen molar-refractivity contribution in [3.8, 4) is 22.9 Å². The molecular formula is C18H16N4O2. The number of benzene rings is 1. The van der Waals surface area contributed by atoms with Gasteiger partial charge >= 0.3 is 0 Å². The van der Waals surface area contributed by atoms with Crippen LogP contribution in [0.15, 0.2) is 60.9 Å². The summed E-state index contributed by atoms with van der Waals surface area (Å²) in [6.07, 6.45) is 3.37. The predicted molar refractivity (Wildman–Crippen MR) is 90.1 cm³/mol. The molecule has 0 radical (unpaired) electrons. The standard InChI is InChI=1S/C18H16N4O2/c1-2-7-17-16(6-1)23-12-13(24-17)11-21-18-20-10-8-15(22-18)14-5-3-4-9-19-14/h1-10,13H,11-12H2,(H,20,21,22)/t13-/m1/s1. The molecule has 0 spiro atoms. The van der Waals surface area contributed by atoms with Crippen molar-refractivity contribution < 1.29 is 9.47 Å². The predicted octanol–water partition coefficient (Wildman–Crippen LogP) is 2.79. The molecule has 1 N–H and O–H groups in total. The molecule has 0 saturated carbocycles. The van der Waals surface area contributed by atoms with Gasteiger partial charge in [0.1, 0.15) is 12.7 Å². The number of nitrogens with one attached hydrogen (secondary N) is 1. The van der Waals surface area contributed by atoms with E-state index in [-0.39, 0.29) is 6.10 Å². The van der Waals surface area contributed by atoms with Crippen LogP contribution >= 0.6 is 0 Å². The van der Waals surface area contributed by atoms with Crippen molar-refractivity contribution in [2.24, 2.45) is 0 Å². The summed E-state index contributed by atoms with van der Waals surface area (Å²) in [6.45, 7) is 1.05. The molecule has 3 aromatic rings. The lowest BCUT2D eigenvalue weighted by molar-refractivity contribution is 0.0996. The van der Waals surface area contributed by atoms with E-state index in [2.05, 4.69) is 20.3 Å². The van der Waals surface area contributed by atoms with Crippen LogP contribution in [0.1, 0.15) is 0 Å². The summed E-state index contributed by atoms with van der Waals surface area (Å²) in [4.78, 5) is 13.0. The molecule has 2 aromatic heterocycles. The first-order valence-electron chi connectivity index (χ1n) is 7.75. The summed E-state index contributed by atoms with van der Waals surface area (Å²) >= 11 is 0. The molecule has 0 fully saturated rings. The van der Waals surface area contributed by atoms with E-state index < -0.39 is 0 Å². The topological polar surface area (TPSA) is 69.2 Å². The Morgan fingerprint density at radius 3 is 2.67 bits per heavy atom. The number of ether oxygens (including phenoxy) is 2. The van der Waals surface area contributed by atoms with Gasteiger partial charge in [0, 0.05) is 12.4 Å². The molecule has 0 unspecified atom stereocenters. The molecule has 1 aliphatic heterocycles. The maximum absolute atomic E-state index is 5.91. The van der Waals surface area contributed by atoms with Crippen molar-refractivity contribution in [3.05, 3.63) is 60.9 Å². The molecule has 6 nitrogen and oxygen atoms in total. The minimum Gasteiger partial charge on any atom is -0.486 e. The van der Waals surface area contributed by atoms with E-state index in [1.54, 1.807) is 12.4 Å². The number of rotatable bonds is 4. The largest absolute Gasteiger partial charge is 0.486 e. The second-order valence-electron chi connectivity index (χ2n) is 5.36. The minimum absolute atomic E-state index is 0.0954. The SMILES string of the molecule is c1ccc(-c2ccnc(NC[C@@H]3COc4ccccc4O3)n2)nc1. The summed E-state index contributed by atoms with van der Waals surface area (Å²) in [5, 5.41) is 3.20. The Morgan fingerprint density at radius 1 is 0.917 bits per heavy atom. The van der Waals surface area contributed by atoms with E-state index in [1.165, 1.54) is 0 Å². The fourth-order valence-electron chi connectivity index (χ4n) is 2.47. The van der Waals surface area contributed by atoms with Gasteiger partial charge in [0.25, 0.3) is 0 Å². The van der Waals surface area contributed by atoms with Crippen LogP contribution in [0, 0.1) is 0 Å². The maximum Gasteiger partial charge on any atom is 0.223 e. The van der Waals surface area contributed by atoms with Gasteiger partial charge in [-0.2, -0.15) is 0 Å². The highest BCUT2D eigenvalue weighted by Gasteiger charge is 2.20. The van der Waals surface area contributed by atoms with Crippen LogP contribution in [-0.4, -0.2) is 34.2 Å². The molecule has 120 valence electrons. The van der Waals surface area contributed by atoms with Crippen LogP contribution in [0.2, 0.25) is 0 Å². The van der Waals surface area contributed by atoms with Gasteiger partial charge in [-0.1, -0.05) is 18.2 Å². The molecule has 1 aromatic carbocycles.